The predicted molar refractivity (Wildman–Crippen MR) is 87.7 cm³/mol. The maximum atomic E-state index is 12.6. The van der Waals surface area contributed by atoms with Gasteiger partial charge in [0.2, 0.25) is 11.8 Å². The molecule has 0 aromatic rings. The summed E-state index contributed by atoms with van der Waals surface area (Å²) in [5, 5.41) is 0. The molecule has 0 aromatic carbocycles. The molecular formula is C18H26N2O6. The van der Waals surface area contributed by atoms with Crippen molar-refractivity contribution < 1.29 is 28.5 Å². The fraction of sp³-hybridized carbons (Fsp3) is 0.889. The molecule has 2 amide bonds. The van der Waals surface area contributed by atoms with E-state index in [1.54, 1.807) is 0 Å². The van der Waals surface area contributed by atoms with E-state index < -0.39 is 22.6 Å². The van der Waals surface area contributed by atoms with E-state index in [9.17, 15) is 9.59 Å². The first-order valence-corrected chi connectivity index (χ1v) is 9.47. The van der Waals surface area contributed by atoms with Crippen molar-refractivity contribution in [3.63, 3.8) is 0 Å². The van der Waals surface area contributed by atoms with Crippen LogP contribution in [0.3, 0.4) is 0 Å². The lowest BCUT2D eigenvalue weighted by Crippen LogP contribution is -2.75. The SMILES string of the molecule is NC(=O)C1(C(N)=O)CC(CC2CO2)(CC2CO2)C1(CC1CO1)CC1CO1. The van der Waals surface area contributed by atoms with Gasteiger partial charge >= 0.3 is 0 Å². The summed E-state index contributed by atoms with van der Waals surface area (Å²) < 4.78 is 22.1. The van der Waals surface area contributed by atoms with Crippen LogP contribution in [-0.2, 0) is 28.5 Å². The molecule has 144 valence electrons. The van der Waals surface area contributed by atoms with Crippen LogP contribution in [0.2, 0.25) is 0 Å². The molecule has 4 heterocycles. The molecule has 1 saturated carbocycles. The molecule has 0 radical (unpaired) electrons. The zero-order valence-corrected chi connectivity index (χ0v) is 14.8. The number of hydrogen-bond donors (Lipinski definition) is 2. The second kappa shape index (κ2) is 5.41. The summed E-state index contributed by atoms with van der Waals surface area (Å²) in [4.78, 5) is 25.3. The molecule has 0 spiro atoms. The smallest absolute Gasteiger partial charge is 0.233 e. The monoisotopic (exact) mass is 366 g/mol. The van der Waals surface area contributed by atoms with Gasteiger partial charge < -0.3 is 30.4 Å². The summed E-state index contributed by atoms with van der Waals surface area (Å²) in [6.07, 6.45) is 3.64. The molecule has 5 fully saturated rings. The summed E-state index contributed by atoms with van der Waals surface area (Å²) in [6, 6.07) is 0. The molecule has 4 atom stereocenters. The number of amides is 2. The molecule has 4 saturated heterocycles. The van der Waals surface area contributed by atoms with E-state index in [0.29, 0.717) is 32.5 Å². The Labute approximate surface area is 151 Å². The van der Waals surface area contributed by atoms with Gasteiger partial charge in [-0.25, -0.2) is 0 Å². The van der Waals surface area contributed by atoms with Crippen LogP contribution >= 0.6 is 0 Å². The Morgan fingerprint density at radius 2 is 1.08 bits per heavy atom. The van der Waals surface area contributed by atoms with E-state index in [0.717, 1.165) is 26.1 Å². The molecule has 4 aliphatic heterocycles. The topological polar surface area (TPSA) is 136 Å². The summed E-state index contributed by atoms with van der Waals surface area (Å²) in [5.74, 6) is -1.23. The van der Waals surface area contributed by atoms with Gasteiger partial charge in [0.25, 0.3) is 0 Å². The van der Waals surface area contributed by atoms with E-state index in [-0.39, 0.29) is 29.8 Å². The summed E-state index contributed by atoms with van der Waals surface area (Å²) in [7, 11) is 0. The molecule has 4 unspecified atom stereocenters. The molecular weight excluding hydrogens is 340 g/mol. The van der Waals surface area contributed by atoms with Crippen molar-refractivity contribution in [3.8, 4) is 0 Å². The second-order valence-electron chi connectivity index (χ2n) is 8.81. The maximum absolute atomic E-state index is 12.6. The van der Waals surface area contributed by atoms with E-state index in [2.05, 4.69) is 0 Å². The van der Waals surface area contributed by atoms with Gasteiger partial charge in [-0.3, -0.25) is 9.59 Å². The second-order valence-corrected chi connectivity index (χ2v) is 8.81. The Kier molecular flexibility index (Phi) is 3.52. The number of ether oxygens (including phenoxy) is 4. The Balaban J connectivity index is 1.59. The van der Waals surface area contributed by atoms with Crippen molar-refractivity contribution in [1.29, 1.82) is 0 Å². The number of epoxide rings is 4. The first-order valence-electron chi connectivity index (χ1n) is 9.47. The van der Waals surface area contributed by atoms with Gasteiger partial charge in [0.05, 0.1) is 50.8 Å². The van der Waals surface area contributed by atoms with Gasteiger partial charge in [-0.05, 0) is 37.5 Å². The third-order valence-electron chi connectivity index (χ3n) is 7.28. The minimum absolute atomic E-state index is 0.0479. The van der Waals surface area contributed by atoms with Crippen molar-refractivity contribution in [2.45, 2.75) is 56.5 Å². The van der Waals surface area contributed by atoms with Crippen LogP contribution in [0.4, 0.5) is 0 Å². The number of primary amides is 2. The van der Waals surface area contributed by atoms with Gasteiger partial charge in [0.1, 0.15) is 5.41 Å². The zero-order valence-electron chi connectivity index (χ0n) is 14.8. The fourth-order valence-electron chi connectivity index (χ4n) is 5.83. The quantitative estimate of drug-likeness (QED) is 0.394. The molecule has 5 rings (SSSR count). The highest BCUT2D eigenvalue weighted by Gasteiger charge is 2.80. The van der Waals surface area contributed by atoms with Crippen molar-refractivity contribution >= 4 is 11.8 Å². The molecule has 26 heavy (non-hydrogen) atoms. The molecule has 4 N–H and O–H groups in total. The molecule has 8 nitrogen and oxygen atoms in total. The first kappa shape index (κ1) is 16.9. The summed E-state index contributed by atoms with van der Waals surface area (Å²) >= 11 is 0. The van der Waals surface area contributed by atoms with Gasteiger partial charge in [0.15, 0.2) is 0 Å². The molecule has 5 aliphatic rings. The van der Waals surface area contributed by atoms with Crippen LogP contribution in [0.1, 0.15) is 32.1 Å². The van der Waals surface area contributed by atoms with Crippen LogP contribution in [0.5, 0.6) is 0 Å². The Morgan fingerprint density at radius 1 is 0.731 bits per heavy atom. The standard InChI is InChI=1S/C18H26N2O6/c19-14(21)18(15(20)22)9-16(1-10-5-23-10,2-11-6-24-11)17(18,3-12-7-25-12)4-13-8-26-13/h10-13H,1-9H2,(H2,19,21)(H2,20,22). The highest BCUT2D eigenvalue weighted by atomic mass is 16.6. The minimum Gasteiger partial charge on any atom is -0.373 e. The van der Waals surface area contributed by atoms with E-state index in [1.165, 1.54) is 0 Å². The van der Waals surface area contributed by atoms with Gasteiger partial charge in [-0.15, -0.1) is 0 Å². The number of hydrogen-bond acceptors (Lipinski definition) is 6. The van der Waals surface area contributed by atoms with Crippen molar-refractivity contribution in [2.24, 2.45) is 27.7 Å². The lowest BCUT2D eigenvalue weighted by Gasteiger charge is -2.69. The summed E-state index contributed by atoms with van der Waals surface area (Å²) in [5.41, 5.74) is 9.39. The van der Waals surface area contributed by atoms with Crippen LogP contribution in [0.15, 0.2) is 0 Å². The van der Waals surface area contributed by atoms with Crippen molar-refractivity contribution in [1.82, 2.24) is 0 Å². The first-order chi connectivity index (χ1) is 12.4. The highest BCUT2D eigenvalue weighted by Crippen LogP contribution is 2.76. The average molecular weight is 366 g/mol. The predicted octanol–water partition coefficient (Wildman–Crippen LogP) is -0.524. The largest absolute Gasteiger partial charge is 0.373 e. The number of nitrogens with two attached hydrogens (primary N) is 2. The molecule has 1 aliphatic carbocycles. The zero-order chi connectivity index (χ0) is 18.2. The van der Waals surface area contributed by atoms with Gasteiger partial charge in [0, 0.05) is 5.41 Å². The van der Waals surface area contributed by atoms with E-state index in [4.69, 9.17) is 30.4 Å². The van der Waals surface area contributed by atoms with Gasteiger partial charge in [-0.2, -0.15) is 0 Å². The third kappa shape index (κ3) is 2.42. The molecule has 0 bridgehead atoms. The highest BCUT2D eigenvalue weighted by molar-refractivity contribution is 6.06. The van der Waals surface area contributed by atoms with E-state index >= 15 is 0 Å². The fourth-order valence-corrected chi connectivity index (χ4v) is 5.83. The minimum atomic E-state index is -1.35. The Morgan fingerprint density at radius 3 is 1.38 bits per heavy atom. The van der Waals surface area contributed by atoms with Crippen LogP contribution in [0, 0.1) is 16.2 Å². The lowest BCUT2D eigenvalue weighted by molar-refractivity contribution is -0.231. The number of carbonyl (C=O) groups excluding carboxylic acids is 2. The molecule has 8 heteroatoms. The number of carbonyl (C=O) groups is 2. The average Bonchev–Trinajstić information content (AvgIpc) is 3.42. The Bertz CT molecular complexity index is 594. The third-order valence-corrected chi connectivity index (χ3v) is 7.28. The summed E-state index contributed by atoms with van der Waals surface area (Å²) in [6.45, 7) is 2.75. The van der Waals surface area contributed by atoms with Crippen molar-refractivity contribution in [3.05, 3.63) is 0 Å². The van der Waals surface area contributed by atoms with Crippen LogP contribution in [0.25, 0.3) is 0 Å². The van der Waals surface area contributed by atoms with Crippen molar-refractivity contribution in [2.75, 3.05) is 26.4 Å². The lowest BCUT2D eigenvalue weighted by atomic mass is 9.31. The van der Waals surface area contributed by atoms with E-state index in [1.807, 2.05) is 0 Å². The van der Waals surface area contributed by atoms with Crippen LogP contribution < -0.4 is 11.5 Å². The van der Waals surface area contributed by atoms with Gasteiger partial charge in [-0.1, -0.05) is 0 Å². The van der Waals surface area contributed by atoms with Crippen LogP contribution in [-0.4, -0.2) is 62.7 Å². The maximum Gasteiger partial charge on any atom is 0.233 e. The Hall–Kier alpha value is -1.22. The molecule has 0 aromatic heterocycles. The normalized spacial score (nSPS) is 46.9. The number of rotatable bonds is 10.